The summed E-state index contributed by atoms with van der Waals surface area (Å²) < 4.78 is 22.6. The molecule has 38 heavy (non-hydrogen) atoms. The number of carbonyl (C=O) groups is 2. The second kappa shape index (κ2) is 26.6. The summed E-state index contributed by atoms with van der Waals surface area (Å²) in [4.78, 5) is 23.7. The van der Waals surface area contributed by atoms with Gasteiger partial charge < -0.3 is 67.2 Å². The largest absolute Gasteiger partial charge is 1.00 e. The average Bonchev–Trinajstić information content (AvgIpc) is 2.82. The van der Waals surface area contributed by atoms with Crippen LogP contribution in [0.1, 0.15) is 39.5 Å². The predicted molar refractivity (Wildman–Crippen MR) is 143 cm³/mol. The number of nitrogens with one attached hydrogen (secondary N) is 1. The molecule has 226 valence electrons. The van der Waals surface area contributed by atoms with Gasteiger partial charge in [-0.2, -0.15) is 0 Å². The van der Waals surface area contributed by atoms with Crippen molar-refractivity contribution in [2.45, 2.75) is 39.5 Å². The molecule has 1 amide bonds. The highest BCUT2D eigenvalue weighted by Gasteiger charge is 2.15. The van der Waals surface area contributed by atoms with Crippen molar-refractivity contribution >= 4 is 11.7 Å². The van der Waals surface area contributed by atoms with Gasteiger partial charge in [0.05, 0.1) is 67.7 Å². The lowest BCUT2D eigenvalue weighted by Crippen LogP contribution is -3.00. The Balaban J connectivity index is -0.00000612. The summed E-state index contributed by atoms with van der Waals surface area (Å²) >= 11 is 0. The third-order valence-electron chi connectivity index (χ3n) is 5.52. The van der Waals surface area contributed by atoms with Crippen molar-refractivity contribution in [2.75, 3.05) is 114 Å². The Bertz CT molecular complexity index is 602. The minimum atomic E-state index is -0.0909. The van der Waals surface area contributed by atoms with Crippen LogP contribution in [0.2, 0.25) is 0 Å². The van der Waals surface area contributed by atoms with Crippen molar-refractivity contribution < 1.29 is 71.5 Å². The van der Waals surface area contributed by atoms with Gasteiger partial charge in [0, 0.05) is 32.6 Å². The molecule has 0 aromatic carbocycles. The molecule has 9 nitrogen and oxygen atoms in total. The van der Waals surface area contributed by atoms with Crippen LogP contribution in [-0.4, -0.2) is 134 Å². The van der Waals surface area contributed by atoms with Crippen LogP contribution in [0.4, 0.5) is 0 Å². The summed E-state index contributed by atoms with van der Waals surface area (Å²) in [7, 11) is 8.67. The van der Waals surface area contributed by atoms with Crippen LogP contribution in [0.3, 0.4) is 0 Å². The van der Waals surface area contributed by atoms with Crippen molar-refractivity contribution in [1.29, 1.82) is 0 Å². The van der Waals surface area contributed by atoms with Crippen molar-refractivity contribution in [2.24, 2.45) is 0 Å². The highest BCUT2D eigenvalue weighted by molar-refractivity contribution is 5.79. The van der Waals surface area contributed by atoms with Crippen LogP contribution in [0.25, 0.3) is 0 Å². The molecule has 0 bridgehead atoms. The number of nitrogens with zero attached hydrogens (tertiary/aromatic N) is 2. The molecule has 0 rings (SSSR count). The fourth-order valence-electron chi connectivity index (χ4n) is 3.29. The first-order chi connectivity index (χ1) is 17.1. The zero-order valence-corrected chi connectivity index (χ0v) is 27.8. The van der Waals surface area contributed by atoms with E-state index >= 15 is 0 Å². The molecule has 0 atom stereocenters. The van der Waals surface area contributed by atoms with E-state index in [2.05, 4.69) is 45.3 Å². The Kier molecular flexibility index (Phi) is 29.4. The first kappa shape index (κ1) is 41.9. The number of Topliss-reactive ketones (excluding diaryl/α,β-unsaturated/α-hetero) is 1. The molecule has 0 radical (unpaired) electrons. The monoisotopic (exact) mass is 673 g/mol. The number of hydrogen-bond donors (Lipinski definition) is 1. The van der Waals surface area contributed by atoms with E-state index in [-0.39, 0.29) is 58.9 Å². The number of hydrogen-bond acceptors (Lipinski definition) is 6. The topological polar surface area (TPSA) is 83.1 Å². The van der Waals surface area contributed by atoms with Gasteiger partial charge in [-0.05, 0) is 38.5 Å². The molecule has 0 aliphatic heterocycles. The summed E-state index contributed by atoms with van der Waals surface area (Å²) in [5, 5.41) is 2.90. The Morgan fingerprint density at radius 2 is 1.16 bits per heavy atom. The molecule has 1 N–H and O–H groups in total. The van der Waals surface area contributed by atoms with E-state index in [4.69, 9.17) is 18.9 Å². The van der Waals surface area contributed by atoms with E-state index in [0.717, 1.165) is 54.4 Å². The number of quaternary nitrogens is 2. The predicted octanol–water partition coefficient (Wildman–Crippen LogP) is -4.50. The average molecular weight is 676 g/mol. The molecular weight excluding hydrogens is 622 g/mol. The van der Waals surface area contributed by atoms with E-state index in [0.29, 0.717) is 52.6 Å². The van der Waals surface area contributed by atoms with E-state index in [1.807, 2.05) is 13.8 Å². The lowest BCUT2D eigenvalue weighted by atomic mass is 10.1. The van der Waals surface area contributed by atoms with Gasteiger partial charge in [-0.1, -0.05) is 0 Å². The van der Waals surface area contributed by atoms with Gasteiger partial charge in [-0.15, -0.1) is 0 Å². The lowest BCUT2D eigenvalue weighted by molar-refractivity contribution is -0.884. The molecule has 0 aliphatic carbocycles. The van der Waals surface area contributed by atoms with Crippen LogP contribution in [-0.2, 0) is 28.5 Å². The van der Waals surface area contributed by atoms with Gasteiger partial charge in [0.25, 0.3) is 0 Å². The Hall–Kier alpha value is -0.580. The Labute approximate surface area is 253 Å². The fraction of sp³-hybridized carbons (Fsp3) is 0.852. The number of unbranched alkanes of at least 4 members (excludes halogenated alkanes) is 1. The zero-order chi connectivity index (χ0) is 27.1. The molecule has 0 unspecified atom stereocenters. The summed E-state index contributed by atoms with van der Waals surface area (Å²) in [6, 6.07) is 0. The molecule has 0 spiro atoms. The van der Waals surface area contributed by atoms with Gasteiger partial charge in [-0.3, -0.25) is 9.59 Å². The molecule has 0 aliphatic rings. The van der Waals surface area contributed by atoms with Crippen LogP contribution in [0, 0.1) is 11.8 Å². The van der Waals surface area contributed by atoms with E-state index < -0.39 is 0 Å². The van der Waals surface area contributed by atoms with Crippen LogP contribution in [0.15, 0.2) is 0 Å². The van der Waals surface area contributed by atoms with Crippen molar-refractivity contribution in [3.63, 3.8) is 0 Å². The van der Waals surface area contributed by atoms with Crippen molar-refractivity contribution in [3.05, 3.63) is 0 Å². The molecular formula is C27H53Br2N3O6. The van der Waals surface area contributed by atoms with E-state index in [1.165, 1.54) is 0 Å². The second-order valence-corrected chi connectivity index (χ2v) is 10.2. The minimum Gasteiger partial charge on any atom is -1.00 e. The first-order valence-corrected chi connectivity index (χ1v) is 13.3. The quantitative estimate of drug-likeness (QED) is 0.0669. The number of rotatable bonds is 23. The van der Waals surface area contributed by atoms with Gasteiger partial charge in [0.15, 0.2) is 5.78 Å². The number of halogens is 2. The summed E-state index contributed by atoms with van der Waals surface area (Å²) in [6.45, 7) is 11.5. The molecule has 0 aromatic rings. The maximum absolute atomic E-state index is 11.9. The lowest BCUT2D eigenvalue weighted by Gasteiger charge is -2.28. The first-order valence-electron chi connectivity index (χ1n) is 13.3. The maximum Gasteiger partial charge on any atom is 0.246 e. The smallest absolute Gasteiger partial charge is 0.246 e. The SMILES string of the molecule is CCOCCOCC(=O)CCCC[N+](C)(C)CC#CC[N+](C)(C)CCCNC(=O)COCCOCC.[Br-].[Br-]. The van der Waals surface area contributed by atoms with Gasteiger partial charge >= 0.3 is 0 Å². The highest BCUT2D eigenvalue weighted by Crippen LogP contribution is 2.04. The minimum absolute atomic E-state index is 0. The zero-order valence-electron chi connectivity index (χ0n) is 24.6. The molecule has 0 saturated carbocycles. The van der Waals surface area contributed by atoms with Crippen molar-refractivity contribution in [3.8, 4) is 11.8 Å². The summed E-state index contributed by atoms with van der Waals surface area (Å²) in [6.07, 6.45) is 3.32. The van der Waals surface area contributed by atoms with Crippen molar-refractivity contribution in [1.82, 2.24) is 5.32 Å². The molecule has 0 fully saturated rings. The Morgan fingerprint density at radius 1 is 0.684 bits per heavy atom. The summed E-state index contributed by atoms with van der Waals surface area (Å²) in [5.74, 6) is 6.73. The van der Waals surface area contributed by atoms with Crippen LogP contribution >= 0.6 is 0 Å². The molecule has 11 heteroatoms. The third kappa shape index (κ3) is 28.4. The van der Waals surface area contributed by atoms with E-state index in [9.17, 15) is 9.59 Å². The van der Waals surface area contributed by atoms with Gasteiger partial charge in [0.1, 0.15) is 26.3 Å². The second-order valence-electron chi connectivity index (χ2n) is 10.2. The summed E-state index contributed by atoms with van der Waals surface area (Å²) in [5.41, 5.74) is 0. The third-order valence-corrected chi connectivity index (χ3v) is 5.52. The molecule has 0 heterocycles. The molecule has 0 saturated heterocycles. The van der Waals surface area contributed by atoms with E-state index in [1.54, 1.807) is 0 Å². The van der Waals surface area contributed by atoms with Gasteiger partial charge in [0.2, 0.25) is 5.91 Å². The maximum atomic E-state index is 11.9. The van der Waals surface area contributed by atoms with Crippen LogP contribution < -0.4 is 39.3 Å². The number of ketones is 1. The normalized spacial score (nSPS) is 11.1. The number of carbonyl (C=O) groups excluding carboxylic acids is 2. The van der Waals surface area contributed by atoms with Crippen LogP contribution in [0.5, 0.6) is 0 Å². The fourth-order valence-corrected chi connectivity index (χ4v) is 3.29. The number of amides is 1. The molecule has 0 aromatic heterocycles. The standard InChI is InChI=1S/C27H52N3O6.2BrH/c1-7-33-20-22-35-24-26(31)14-9-10-16-29(3,4)17-11-12-18-30(5,6)19-13-15-28-27(32)25-36-23-21-34-8-2;;/h7-10,13-25H2,1-6H3;2*1H/q+1;;/p-1. The highest BCUT2D eigenvalue weighted by atomic mass is 79.9. The van der Waals surface area contributed by atoms with Gasteiger partial charge in [-0.25, -0.2) is 0 Å². The Morgan fingerprint density at radius 3 is 1.68 bits per heavy atom. The number of ether oxygens (including phenoxy) is 4.